The topological polar surface area (TPSA) is 68.3 Å². The van der Waals surface area contributed by atoms with Gasteiger partial charge in [0.2, 0.25) is 5.89 Å². The van der Waals surface area contributed by atoms with Gasteiger partial charge in [-0.25, -0.2) is 8.57 Å². The van der Waals surface area contributed by atoms with E-state index in [1.165, 1.54) is 13.3 Å². The highest BCUT2D eigenvalue weighted by atomic mass is 32.2. The van der Waals surface area contributed by atoms with E-state index >= 15 is 0 Å². The fourth-order valence-corrected chi connectivity index (χ4v) is 1.72. The minimum atomic E-state index is -2.55. The van der Waals surface area contributed by atoms with Gasteiger partial charge in [0.25, 0.3) is 0 Å². The summed E-state index contributed by atoms with van der Waals surface area (Å²) in [6.45, 7) is 0. The smallest absolute Gasteiger partial charge is 0.315 e. The molecule has 0 aliphatic carbocycles. The van der Waals surface area contributed by atoms with E-state index in [-0.39, 0.29) is 5.22 Å². The van der Waals surface area contributed by atoms with Gasteiger partial charge in [0, 0.05) is 18.9 Å². The zero-order valence-corrected chi connectivity index (χ0v) is 9.77. The van der Waals surface area contributed by atoms with Crippen LogP contribution in [-0.4, -0.2) is 27.7 Å². The number of hydrogen-bond acceptors (Lipinski definition) is 5. The van der Waals surface area contributed by atoms with Crippen molar-refractivity contribution < 1.29 is 8.63 Å². The fraction of sp³-hybridized carbons (Fsp3) is 0.200. The van der Waals surface area contributed by atoms with Crippen LogP contribution in [-0.2, 0) is 9.73 Å². The van der Waals surface area contributed by atoms with E-state index < -0.39 is 9.73 Å². The minimum Gasteiger partial charge on any atom is -0.409 e. The van der Waals surface area contributed by atoms with Gasteiger partial charge in [0.15, 0.2) is 0 Å². The Kier molecular flexibility index (Phi) is 2.74. The van der Waals surface area contributed by atoms with Crippen molar-refractivity contribution in [3.63, 3.8) is 0 Å². The molecule has 2 aromatic rings. The number of nitrogens with zero attached hydrogens (tertiary/aromatic N) is 3. The van der Waals surface area contributed by atoms with Gasteiger partial charge in [0.05, 0.1) is 0 Å². The molecular formula is C10H11N3O2S. The summed E-state index contributed by atoms with van der Waals surface area (Å²) in [4.78, 5) is 0. The number of rotatable bonds is 2. The largest absolute Gasteiger partial charge is 0.409 e. The van der Waals surface area contributed by atoms with Crippen molar-refractivity contribution in [2.24, 2.45) is 4.36 Å². The molecule has 5 nitrogen and oxygen atoms in total. The molecule has 0 bridgehead atoms. The molecule has 1 atom stereocenters. The average Bonchev–Trinajstić information content (AvgIpc) is 2.80. The molecule has 0 unspecified atom stereocenters. The zero-order chi connectivity index (χ0) is 11.6. The second-order valence-corrected chi connectivity index (χ2v) is 5.54. The Labute approximate surface area is 93.7 Å². The second-order valence-electron chi connectivity index (χ2n) is 3.22. The lowest BCUT2D eigenvalue weighted by molar-refractivity contribution is 0.454. The predicted octanol–water partition coefficient (Wildman–Crippen LogP) is 1.82. The summed E-state index contributed by atoms with van der Waals surface area (Å²) >= 11 is 0. The summed E-state index contributed by atoms with van der Waals surface area (Å²) in [5.74, 6) is 0.355. The number of benzene rings is 1. The molecule has 0 radical (unpaired) electrons. The van der Waals surface area contributed by atoms with Crippen LogP contribution in [0.4, 0.5) is 0 Å². The molecule has 1 aromatic heterocycles. The third-order valence-electron chi connectivity index (χ3n) is 2.10. The first-order chi connectivity index (χ1) is 7.63. The van der Waals surface area contributed by atoms with Gasteiger partial charge in [-0.3, -0.25) is 0 Å². The van der Waals surface area contributed by atoms with Crippen molar-refractivity contribution in [2.75, 3.05) is 13.3 Å². The van der Waals surface area contributed by atoms with Crippen LogP contribution in [0.5, 0.6) is 0 Å². The van der Waals surface area contributed by atoms with Gasteiger partial charge in [-0.15, -0.1) is 5.10 Å². The highest BCUT2D eigenvalue weighted by Gasteiger charge is 2.15. The van der Waals surface area contributed by atoms with Crippen LogP contribution < -0.4 is 0 Å². The van der Waals surface area contributed by atoms with Crippen LogP contribution in [0.25, 0.3) is 11.5 Å². The Morgan fingerprint density at radius 1 is 1.25 bits per heavy atom. The molecule has 0 saturated carbocycles. The molecule has 6 heteroatoms. The van der Waals surface area contributed by atoms with Gasteiger partial charge < -0.3 is 4.42 Å². The van der Waals surface area contributed by atoms with Crippen molar-refractivity contribution in [1.82, 2.24) is 10.2 Å². The molecule has 0 saturated heterocycles. The Morgan fingerprint density at radius 2 is 1.94 bits per heavy atom. The molecule has 84 valence electrons. The summed E-state index contributed by atoms with van der Waals surface area (Å²) < 4.78 is 20.9. The fourth-order valence-electron chi connectivity index (χ4n) is 1.14. The lowest BCUT2D eigenvalue weighted by Crippen LogP contribution is -1.96. The maximum absolute atomic E-state index is 11.8. The Balaban J connectivity index is 2.46. The highest BCUT2D eigenvalue weighted by molar-refractivity contribution is 7.92. The van der Waals surface area contributed by atoms with Crippen LogP contribution in [0.3, 0.4) is 0 Å². The van der Waals surface area contributed by atoms with Gasteiger partial charge in [-0.2, -0.15) is 0 Å². The first kappa shape index (κ1) is 10.8. The van der Waals surface area contributed by atoms with Crippen molar-refractivity contribution >= 4 is 9.73 Å². The molecule has 1 aromatic carbocycles. The zero-order valence-electron chi connectivity index (χ0n) is 8.95. The van der Waals surface area contributed by atoms with Gasteiger partial charge in [-0.1, -0.05) is 23.3 Å². The number of aromatic nitrogens is 2. The van der Waals surface area contributed by atoms with Crippen LogP contribution in [0.15, 0.2) is 44.3 Å². The van der Waals surface area contributed by atoms with E-state index in [0.29, 0.717) is 5.89 Å². The Hall–Kier alpha value is -1.69. The van der Waals surface area contributed by atoms with Crippen molar-refractivity contribution in [1.29, 1.82) is 0 Å². The molecule has 1 heterocycles. The van der Waals surface area contributed by atoms with Gasteiger partial charge >= 0.3 is 5.22 Å². The summed E-state index contributed by atoms with van der Waals surface area (Å²) in [6, 6.07) is 9.32. The molecular weight excluding hydrogens is 226 g/mol. The SMILES string of the molecule is CN=[S@](C)(=O)c1nnc(-c2ccccc2)o1. The lowest BCUT2D eigenvalue weighted by atomic mass is 10.2. The Morgan fingerprint density at radius 3 is 2.56 bits per heavy atom. The van der Waals surface area contributed by atoms with Crippen LogP contribution in [0, 0.1) is 0 Å². The van der Waals surface area contributed by atoms with Crippen molar-refractivity contribution in [2.45, 2.75) is 5.22 Å². The predicted molar refractivity (Wildman–Crippen MR) is 60.4 cm³/mol. The van der Waals surface area contributed by atoms with Crippen molar-refractivity contribution in [3.05, 3.63) is 30.3 Å². The molecule has 0 N–H and O–H groups in total. The van der Waals surface area contributed by atoms with E-state index in [1.54, 1.807) is 0 Å². The number of hydrogen-bond donors (Lipinski definition) is 0. The molecule has 0 spiro atoms. The first-order valence-corrected chi connectivity index (χ1v) is 6.55. The molecule has 2 rings (SSSR count). The molecule has 0 aliphatic rings. The third-order valence-corrected chi connectivity index (χ3v) is 3.61. The standard InChI is InChI=1S/C10H11N3O2S/c1-11-16(2,14)10-13-12-9(15-10)8-6-4-3-5-7-8/h3-7H,1-2H3/t16-/m1/s1. The van der Waals surface area contributed by atoms with Gasteiger partial charge in [-0.05, 0) is 12.1 Å². The van der Waals surface area contributed by atoms with Crippen LogP contribution in [0.1, 0.15) is 0 Å². The second kappa shape index (κ2) is 4.05. The monoisotopic (exact) mass is 237 g/mol. The maximum atomic E-state index is 11.8. The summed E-state index contributed by atoms with van der Waals surface area (Å²) in [6.07, 6.45) is 1.47. The van der Waals surface area contributed by atoms with E-state index in [0.717, 1.165) is 5.56 Å². The summed E-state index contributed by atoms with van der Waals surface area (Å²) in [7, 11) is -1.08. The minimum absolute atomic E-state index is 0.0638. The maximum Gasteiger partial charge on any atom is 0.315 e. The molecule has 0 fully saturated rings. The van der Waals surface area contributed by atoms with E-state index in [4.69, 9.17) is 4.42 Å². The van der Waals surface area contributed by atoms with Gasteiger partial charge in [0.1, 0.15) is 9.73 Å². The Bertz CT molecular complexity index is 598. The normalized spacial score (nSPS) is 14.4. The third kappa shape index (κ3) is 1.96. The molecule has 0 aliphatic heterocycles. The van der Waals surface area contributed by atoms with E-state index in [9.17, 15) is 4.21 Å². The summed E-state index contributed by atoms with van der Waals surface area (Å²) in [5, 5.41) is 7.66. The van der Waals surface area contributed by atoms with E-state index in [1.807, 2.05) is 30.3 Å². The van der Waals surface area contributed by atoms with E-state index in [2.05, 4.69) is 14.6 Å². The molecule has 16 heavy (non-hydrogen) atoms. The lowest BCUT2D eigenvalue weighted by Gasteiger charge is -1.94. The summed E-state index contributed by atoms with van der Waals surface area (Å²) in [5.41, 5.74) is 0.799. The first-order valence-electron chi connectivity index (χ1n) is 4.62. The molecule has 0 amide bonds. The van der Waals surface area contributed by atoms with Crippen molar-refractivity contribution in [3.8, 4) is 11.5 Å². The van der Waals surface area contributed by atoms with Crippen LogP contribution in [0.2, 0.25) is 0 Å². The highest BCUT2D eigenvalue weighted by Crippen LogP contribution is 2.19. The van der Waals surface area contributed by atoms with Crippen LogP contribution >= 0.6 is 0 Å². The quantitative estimate of drug-likeness (QED) is 0.799. The average molecular weight is 237 g/mol.